The van der Waals surface area contributed by atoms with Gasteiger partial charge in [0.25, 0.3) is 0 Å². The first kappa shape index (κ1) is 20.6. The van der Waals surface area contributed by atoms with Crippen molar-refractivity contribution in [2.75, 3.05) is 27.2 Å². The number of ether oxygens (including phenoxy) is 1. The van der Waals surface area contributed by atoms with Gasteiger partial charge in [0.05, 0.1) is 7.11 Å². The highest BCUT2D eigenvalue weighted by Crippen LogP contribution is 2.23. The lowest BCUT2D eigenvalue weighted by molar-refractivity contribution is -0.136. The zero-order valence-corrected chi connectivity index (χ0v) is 17.1. The van der Waals surface area contributed by atoms with E-state index in [0.29, 0.717) is 23.7 Å². The van der Waals surface area contributed by atoms with Crippen LogP contribution in [0.15, 0.2) is 42.5 Å². The normalized spacial score (nSPS) is 15.4. The molecular formula is C22H26ClFN2O2. The second-order valence-corrected chi connectivity index (χ2v) is 7.76. The molecule has 0 bridgehead atoms. The summed E-state index contributed by atoms with van der Waals surface area (Å²) in [7, 11) is 3.49. The van der Waals surface area contributed by atoms with Gasteiger partial charge in [-0.25, -0.2) is 4.39 Å². The number of halogens is 2. The first-order valence-corrected chi connectivity index (χ1v) is 9.88. The zero-order chi connectivity index (χ0) is 20.1. The minimum absolute atomic E-state index is 0.0227. The molecule has 2 aromatic rings. The Balaban J connectivity index is 1.49. The molecule has 1 amide bonds. The molecule has 0 aliphatic carbocycles. The van der Waals surface area contributed by atoms with E-state index in [9.17, 15) is 9.18 Å². The van der Waals surface area contributed by atoms with E-state index in [0.717, 1.165) is 37.2 Å². The number of methoxy groups -OCH3 is 1. The Labute approximate surface area is 170 Å². The Morgan fingerprint density at radius 2 is 1.89 bits per heavy atom. The molecular weight excluding hydrogens is 379 g/mol. The lowest BCUT2D eigenvalue weighted by Gasteiger charge is -2.33. The summed E-state index contributed by atoms with van der Waals surface area (Å²) in [6.45, 7) is 2.70. The molecule has 150 valence electrons. The van der Waals surface area contributed by atoms with Crippen LogP contribution in [0.4, 0.5) is 4.39 Å². The summed E-state index contributed by atoms with van der Waals surface area (Å²) in [5.41, 5.74) is 1.72. The molecule has 1 fully saturated rings. The zero-order valence-electron chi connectivity index (χ0n) is 16.3. The van der Waals surface area contributed by atoms with Gasteiger partial charge in [0.1, 0.15) is 11.6 Å². The molecule has 3 rings (SSSR count). The quantitative estimate of drug-likeness (QED) is 0.717. The maximum absolute atomic E-state index is 14.0. The summed E-state index contributed by atoms with van der Waals surface area (Å²) in [6.07, 6.45) is 1.59. The van der Waals surface area contributed by atoms with E-state index in [-0.39, 0.29) is 17.6 Å². The smallest absolute Gasteiger partial charge is 0.225 e. The van der Waals surface area contributed by atoms with Crippen LogP contribution >= 0.6 is 11.6 Å². The molecule has 6 heteroatoms. The number of hydrogen-bond acceptors (Lipinski definition) is 3. The van der Waals surface area contributed by atoms with Crippen molar-refractivity contribution in [1.82, 2.24) is 9.80 Å². The molecule has 4 nitrogen and oxygen atoms in total. The van der Waals surface area contributed by atoms with Gasteiger partial charge in [-0.2, -0.15) is 0 Å². The summed E-state index contributed by atoms with van der Waals surface area (Å²) < 4.78 is 19.2. The number of rotatable bonds is 6. The van der Waals surface area contributed by atoms with Crippen molar-refractivity contribution < 1.29 is 13.9 Å². The Hall–Kier alpha value is -2.11. The van der Waals surface area contributed by atoms with Crippen molar-refractivity contribution in [2.45, 2.75) is 25.9 Å². The van der Waals surface area contributed by atoms with Crippen LogP contribution in [0.2, 0.25) is 5.02 Å². The van der Waals surface area contributed by atoms with E-state index in [1.165, 1.54) is 6.07 Å². The fourth-order valence-corrected chi connectivity index (χ4v) is 3.78. The molecule has 0 unspecified atom stereocenters. The first-order chi connectivity index (χ1) is 13.5. The standard InChI is InChI=1S/C22H26ClFN2O2/c1-25(14-16-3-7-20(28-2)8-4-16)22(27)17-9-11-26(12-10-17)15-18-5-6-19(23)13-21(18)24/h3-8,13,17H,9-12,14-15H2,1-2H3. The van der Waals surface area contributed by atoms with E-state index in [2.05, 4.69) is 4.90 Å². The average molecular weight is 405 g/mol. The molecule has 0 spiro atoms. The van der Waals surface area contributed by atoms with E-state index in [1.807, 2.05) is 31.3 Å². The predicted octanol–water partition coefficient (Wildman–Crippen LogP) is 4.36. The van der Waals surface area contributed by atoms with E-state index < -0.39 is 0 Å². The monoisotopic (exact) mass is 404 g/mol. The number of carbonyl (C=O) groups excluding carboxylic acids is 1. The molecule has 0 atom stereocenters. The van der Waals surface area contributed by atoms with E-state index in [4.69, 9.17) is 16.3 Å². The van der Waals surface area contributed by atoms with E-state index >= 15 is 0 Å². The highest BCUT2D eigenvalue weighted by Gasteiger charge is 2.27. The van der Waals surface area contributed by atoms with Crippen molar-refractivity contribution >= 4 is 17.5 Å². The highest BCUT2D eigenvalue weighted by molar-refractivity contribution is 6.30. The topological polar surface area (TPSA) is 32.8 Å². The molecule has 28 heavy (non-hydrogen) atoms. The Kier molecular flexibility index (Phi) is 6.92. The van der Waals surface area contributed by atoms with Crippen molar-refractivity contribution in [3.63, 3.8) is 0 Å². The van der Waals surface area contributed by atoms with Crippen LogP contribution in [0.25, 0.3) is 0 Å². The first-order valence-electron chi connectivity index (χ1n) is 9.50. The van der Waals surface area contributed by atoms with Crippen molar-refractivity contribution in [3.05, 3.63) is 64.4 Å². The second-order valence-electron chi connectivity index (χ2n) is 7.33. The number of hydrogen-bond donors (Lipinski definition) is 0. The number of carbonyl (C=O) groups is 1. The van der Waals surface area contributed by atoms with Crippen LogP contribution in [-0.2, 0) is 17.9 Å². The third-order valence-corrected chi connectivity index (χ3v) is 5.54. The van der Waals surface area contributed by atoms with Crippen LogP contribution in [0.3, 0.4) is 0 Å². The Morgan fingerprint density at radius 1 is 1.21 bits per heavy atom. The number of nitrogens with zero attached hydrogens (tertiary/aromatic N) is 2. The third-order valence-electron chi connectivity index (χ3n) is 5.30. The minimum Gasteiger partial charge on any atom is -0.497 e. The number of piperidine rings is 1. The maximum Gasteiger partial charge on any atom is 0.225 e. The van der Waals surface area contributed by atoms with Crippen molar-refractivity contribution in [2.24, 2.45) is 5.92 Å². The summed E-state index contributed by atoms with van der Waals surface area (Å²) >= 11 is 5.81. The fraction of sp³-hybridized carbons (Fsp3) is 0.409. The largest absolute Gasteiger partial charge is 0.497 e. The molecule has 0 aromatic heterocycles. The Morgan fingerprint density at radius 3 is 2.50 bits per heavy atom. The fourth-order valence-electron chi connectivity index (χ4n) is 3.62. The van der Waals surface area contributed by atoms with Gasteiger partial charge in [0.2, 0.25) is 5.91 Å². The van der Waals surface area contributed by atoms with Gasteiger partial charge in [0.15, 0.2) is 0 Å². The second kappa shape index (κ2) is 9.39. The van der Waals surface area contributed by atoms with Crippen LogP contribution in [0.1, 0.15) is 24.0 Å². The molecule has 0 radical (unpaired) electrons. The minimum atomic E-state index is -0.273. The molecule has 1 aliphatic rings. The van der Waals surface area contributed by atoms with Crippen LogP contribution in [-0.4, -0.2) is 43.0 Å². The van der Waals surface area contributed by atoms with Crippen molar-refractivity contribution in [1.29, 1.82) is 0 Å². The molecule has 2 aromatic carbocycles. The predicted molar refractivity (Wildman–Crippen MR) is 109 cm³/mol. The summed E-state index contributed by atoms with van der Waals surface area (Å²) in [5.74, 6) is 0.731. The van der Waals surface area contributed by atoms with Gasteiger partial charge in [0, 0.05) is 36.6 Å². The average Bonchev–Trinajstić information content (AvgIpc) is 2.70. The maximum atomic E-state index is 14.0. The number of benzene rings is 2. The molecule has 1 saturated heterocycles. The van der Waals surface area contributed by atoms with Crippen LogP contribution in [0.5, 0.6) is 5.75 Å². The van der Waals surface area contributed by atoms with Gasteiger partial charge in [-0.05, 0) is 55.8 Å². The molecule has 1 heterocycles. The SMILES string of the molecule is COc1ccc(CN(C)C(=O)C2CCN(Cc3ccc(Cl)cc3F)CC2)cc1. The van der Waals surface area contributed by atoms with Gasteiger partial charge in [-0.1, -0.05) is 29.8 Å². The summed E-state index contributed by atoms with van der Waals surface area (Å²) in [4.78, 5) is 16.8. The van der Waals surface area contributed by atoms with Gasteiger partial charge >= 0.3 is 0 Å². The van der Waals surface area contributed by atoms with Gasteiger partial charge in [-0.3, -0.25) is 9.69 Å². The lowest BCUT2D eigenvalue weighted by Crippen LogP contribution is -2.40. The Bertz CT molecular complexity index is 805. The van der Waals surface area contributed by atoms with E-state index in [1.54, 1.807) is 24.1 Å². The van der Waals surface area contributed by atoms with Crippen molar-refractivity contribution in [3.8, 4) is 5.75 Å². The number of amides is 1. The molecule has 0 N–H and O–H groups in total. The summed E-state index contributed by atoms with van der Waals surface area (Å²) in [5, 5.41) is 0.408. The van der Waals surface area contributed by atoms with Gasteiger partial charge in [-0.15, -0.1) is 0 Å². The van der Waals surface area contributed by atoms with Crippen LogP contribution in [0, 0.1) is 11.7 Å². The molecule has 0 saturated carbocycles. The van der Waals surface area contributed by atoms with Gasteiger partial charge < -0.3 is 9.64 Å². The molecule has 1 aliphatic heterocycles. The summed E-state index contributed by atoms with van der Waals surface area (Å²) in [6, 6.07) is 12.6. The third kappa shape index (κ3) is 5.24. The lowest BCUT2D eigenvalue weighted by atomic mass is 9.95. The van der Waals surface area contributed by atoms with Crippen LogP contribution < -0.4 is 4.74 Å². The highest BCUT2D eigenvalue weighted by atomic mass is 35.5. The number of likely N-dealkylation sites (tertiary alicyclic amines) is 1.